The fourth-order valence-corrected chi connectivity index (χ4v) is 3.35. The summed E-state index contributed by atoms with van der Waals surface area (Å²) in [6, 6.07) is 11.0. The first-order valence-corrected chi connectivity index (χ1v) is 8.62. The van der Waals surface area contributed by atoms with Gasteiger partial charge in [-0.2, -0.15) is 4.98 Å². The van der Waals surface area contributed by atoms with Crippen LogP contribution < -0.4 is 0 Å². The van der Waals surface area contributed by atoms with E-state index in [4.69, 9.17) is 4.52 Å². The van der Waals surface area contributed by atoms with E-state index in [0.717, 1.165) is 17.2 Å². The lowest BCUT2D eigenvalue weighted by Crippen LogP contribution is -2.24. The molecule has 2 heterocycles. The molecule has 27 heavy (non-hydrogen) atoms. The summed E-state index contributed by atoms with van der Waals surface area (Å²) in [6.07, 6.45) is 0.229. The SMILES string of the molecule is Cc1ccccc1-c1noc(C2CC(=O)N(Cc3cc(F)cc(F)c3)C2)n1. The zero-order valence-electron chi connectivity index (χ0n) is 14.7. The van der Waals surface area contributed by atoms with Gasteiger partial charge in [-0.15, -0.1) is 0 Å². The Bertz CT molecular complexity index is 982. The largest absolute Gasteiger partial charge is 0.339 e. The third-order valence-electron chi connectivity index (χ3n) is 4.69. The molecular weight excluding hydrogens is 352 g/mol. The summed E-state index contributed by atoms with van der Waals surface area (Å²) in [5.41, 5.74) is 2.32. The first-order chi connectivity index (χ1) is 13.0. The number of rotatable bonds is 4. The van der Waals surface area contributed by atoms with Gasteiger partial charge in [-0.1, -0.05) is 29.4 Å². The fraction of sp³-hybridized carbons (Fsp3) is 0.250. The molecule has 0 bridgehead atoms. The molecule has 0 aliphatic carbocycles. The van der Waals surface area contributed by atoms with E-state index in [9.17, 15) is 13.6 Å². The van der Waals surface area contributed by atoms with E-state index in [2.05, 4.69) is 10.1 Å². The van der Waals surface area contributed by atoms with Gasteiger partial charge in [0.15, 0.2) is 0 Å². The molecule has 7 heteroatoms. The van der Waals surface area contributed by atoms with Gasteiger partial charge < -0.3 is 9.42 Å². The number of likely N-dealkylation sites (tertiary alicyclic amines) is 1. The van der Waals surface area contributed by atoms with E-state index in [1.807, 2.05) is 31.2 Å². The first-order valence-electron chi connectivity index (χ1n) is 8.62. The van der Waals surface area contributed by atoms with Crippen molar-refractivity contribution in [1.29, 1.82) is 0 Å². The summed E-state index contributed by atoms with van der Waals surface area (Å²) in [7, 11) is 0. The van der Waals surface area contributed by atoms with E-state index in [-0.39, 0.29) is 24.8 Å². The van der Waals surface area contributed by atoms with Gasteiger partial charge in [-0.05, 0) is 30.2 Å². The second kappa shape index (κ2) is 6.90. The van der Waals surface area contributed by atoms with Crippen LogP contribution in [0, 0.1) is 18.6 Å². The monoisotopic (exact) mass is 369 g/mol. The number of amides is 1. The van der Waals surface area contributed by atoms with Crippen LogP contribution in [0.1, 0.15) is 29.4 Å². The van der Waals surface area contributed by atoms with Crippen molar-refractivity contribution in [2.24, 2.45) is 0 Å². The van der Waals surface area contributed by atoms with Crippen LogP contribution in [0.3, 0.4) is 0 Å². The molecule has 2 aromatic carbocycles. The zero-order valence-corrected chi connectivity index (χ0v) is 14.7. The number of hydrogen-bond donors (Lipinski definition) is 0. The minimum atomic E-state index is -0.659. The maximum atomic E-state index is 13.4. The van der Waals surface area contributed by atoms with Crippen molar-refractivity contribution >= 4 is 5.91 Å². The van der Waals surface area contributed by atoms with Crippen LogP contribution in [0.2, 0.25) is 0 Å². The molecule has 3 aromatic rings. The van der Waals surface area contributed by atoms with Crippen LogP contribution in [0.5, 0.6) is 0 Å². The average Bonchev–Trinajstić information content (AvgIpc) is 3.22. The lowest BCUT2D eigenvalue weighted by molar-refractivity contribution is -0.128. The molecule has 5 nitrogen and oxygen atoms in total. The van der Waals surface area contributed by atoms with E-state index in [1.165, 1.54) is 12.1 Å². The topological polar surface area (TPSA) is 59.2 Å². The van der Waals surface area contributed by atoms with Gasteiger partial charge in [0.25, 0.3) is 0 Å². The average molecular weight is 369 g/mol. The maximum Gasteiger partial charge on any atom is 0.232 e. The van der Waals surface area contributed by atoms with Crippen LogP contribution in [0.15, 0.2) is 47.0 Å². The normalized spacial score (nSPS) is 16.9. The van der Waals surface area contributed by atoms with Crippen LogP contribution in [0.4, 0.5) is 8.78 Å². The Morgan fingerprint density at radius 1 is 1.19 bits per heavy atom. The number of nitrogens with zero attached hydrogens (tertiary/aromatic N) is 3. The Kier molecular flexibility index (Phi) is 4.43. The van der Waals surface area contributed by atoms with Gasteiger partial charge >= 0.3 is 0 Å². The zero-order chi connectivity index (χ0) is 19.0. The van der Waals surface area contributed by atoms with Crippen LogP contribution in [-0.2, 0) is 11.3 Å². The minimum Gasteiger partial charge on any atom is -0.339 e. The molecule has 4 rings (SSSR count). The van der Waals surface area contributed by atoms with Crippen LogP contribution in [-0.4, -0.2) is 27.5 Å². The molecule has 1 aliphatic rings. The molecule has 0 N–H and O–H groups in total. The molecule has 1 saturated heterocycles. The van der Waals surface area contributed by atoms with Crippen molar-refractivity contribution in [3.63, 3.8) is 0 Å². The van der Waals surface area contributed by atoms with Crippen LogP contribution >= 0.6 is 0 Å². The Labute approximate surface area is 154 Å². The van der Waals surface area contributed by atoms with Gasteiger partial charge in [0, 0.05) is 31.1 Å². The number of carbonyl (C=O) groups is 1. The summed E-state index contributed by atoms with van der Waals surface area (Å²) in [5.74, 6) is -0.779. The summed E-state index contributed by atoms with van der Waals surface area (Å²) < 4.78 is 32.1. The standard InChI is InChI=1S/C20H17F2N3O2/c1-12-4-2-3-5-17(12)19-23-20(27-24-19)14-8-18(26)25(11-14)10-13-6-15(21)9-16(22)7-13/h2-7,9,14H,8,10-11H2,1H3. The summed E-state index contributed by atoms with van der Waals surface area (Å²) in [4.78, 5) is 18.3. The van der Waals surface area contributed by atoms with E-state index < -0.39 is 11.6 Å². The lowest BCUT2D eigenvalue weighted by atomic mass is 10.1. The van der Waals surface area contributed by atoms with E-state index in [1.54, 1.807) is 4.90 Å². The third kappa shape index (κ3) is 3.58. The Morgan fingerprint density at radius 3 is 2.67 bits per heavy atom. The maximum absolute atomic E-state index is 13.4. The molecule has 1 amide bonds. The van der Waals surface area contributed by atoms with Crippen molar-refractivity contribution < 1.29 is 18.1 Å². The predicted molar refractivity (Wildman–Crippen MR) is 93.6 cm³/mol. The number of halogens is 2. The number of aryl methyl sites for hydroxylation is 1. The Hall–Kier alpha value is -3.09. The highest BCUT2D eigenvalue weighted by molar-refractivity contribution is 5.79. The summed E-state index contributed by atoms with van der Waals surface area (Å²) >= 11 is 0. The van der Waals surface area contributed by atoms with Crippen molar-refractivity contribution in [3.05, 3.63) is 71.1 Å². The molecule has 1 aromatic heterocycles. The summed E-state index contributed by atoms with van der Waals surface area (Å²) in [5, 5.41) is 4.03. The summed E-state index contributed by atoms with van der Waals surface area (Å²) in [6.45, 7) is 2.47. The lowest BCUT2D eigenvalue weighted by Gasteiger charge is -2.16. The van der Waals surface area contributed by atoms with Gasteiger partial charge in [-0.3, -0.25) is 4.79 Å². The third-order valence-corrected chi connectivity index (χ3v) is 4.69. The van der Waals surface area contributed by atoms with Crippen molar-refractivity contribution in [1.82, 2.24) is 15.0 Å². The second-order valence-corrected chi connectivity index (χ2v) is 6.72. The first kappa shape index (κ1) is 17.3. The highest BCUT2D eigenvalue weighted by Crippen LogP contribution is 2.30. The quantitative estimate of drug-likeness (QED) is 0.701. The van der Waals surface area contributed by atoms with E-state index in [0.29, 0.717) is 23.8 Å². The molecular formula is C20H17F2N3O2. The molecule has 1 fully saturated rings. The number of hydrogen-bond acceptors (Lipinski definition) is 4. The molecule has 138 valence electrons. The molecule has 1 unspecified atom stereocenters. The van der Waals surface area contributed by atoms with Gasteiger partial charge in [0.05, 0.1) is 5.92 Å². The predicted octanol–water partition coefficient (Wildman–Crippen LogP) is 3.84. The molecule has 0 saturated carbocycles. The fourth-order valence-electron chi connectivity index (χ4n) is 3.35. The van der Waals surface area contributed by atoms with Crippen LogP contribution in [0.25, 0.3) is 11.4 Å². The molecule has 1 atom stereocenters. The molecule has 1 aliphatic heterocycles. The number of aromatic nitrogens is 2. The Balaban J connectivity index is 1.50. The van der Waals surface area contributed by atoms with Crippen molar-refractivity contribution in [2.45, 2.75) is 25.8 Å². The highest BCUT2D eigenvalue weighted by Gasteiger charge is 2.34. The Morgan fingerprint density at radius 2 is 1.93 bits per heavy atom. The van der Waals surface area contributed by atoms with Crippen molar-refractivity contribution in [2.75, 3.05) is 6.54 Å². The second-order valence-electron chi connectivity index (χ2n) is 6.72. The highest BCUT2D eigenvalue weighted by atomic mass is 19.1. The molecule has 0 spiro atoms. The van der Waals surface area contributed by atoms with E-state index >= 15 is 0 Å². The number of carbonyl (C=O) groups excluding carboxylic acids is 1. The minimum absolute atomic E-state index is 0.111. The molecule has 0 radical (unpaired) electrons. The van der Waals surface area contributed by atoms with Gasteiger partial charge in [-0.25, -0.2) is 8.78 Å². The van der Waals surface area contributed by atoms with Gasteiger partial charge in [0.1, 0.15) is 11.6 Å². The number of benzene rings is 2. The van der Waals surface area contributed by atoms with Crippen molar-refractivity contribution in [3.8, 4) is 11.4 Å². The smallest absolute Gasteiger partial charge is 0.232 e. The van der Waals surface area contributed by atoms with Gasteiger partial charge in [0.2, 0.25) is 17.6 Å².